The number of anilines is 3. The summed E-state index contributed by atoms with van der Waals surface area (Å²) in [5.41, 5.74) is 6.33. The van der Waals surface area contributed by atoms with E-state index in [1.807, 2.05) is 0 Å². The molecule has 3 heterocycles. The number of sulfone groups is 1. The van der Waals surface area contributed by atoms with Crippen molar-refractivity contribution in [3.63, 3.8) is 0 Å². The molecule has 3 aromatic rings. The van der Waals surface area contributed by atoms with Crippen molar-refractivity contribution in [2.75, 3.05) is 36.1 Å². The summed E-state index contributed by atoms with van der Waals surface area (Å²) in [5.74, 6) is 1.48. The third-order valence-corrected chi connectivity index (χ3v) is 6.65. The van der Waals surface area contributed by atoms with Gasteiger partial charge in [-0.05, 0) is 56.0 Å². The van der Waals surface area contributed by atoms with E-state index >= 15 is 0 Å². The number of hydrogen-bond acceptors (Lipinski definition) is 9. The molecule has 0 radical (unpaired) electrons. The molecular weight excluding hydrogens is 418 g/mol. The number of hydrogen-bond donors (Lipinski definition) is 3. The van der Waals surface area contributed by atoms with Crippen LogP contribution in [0.25, 0.3) is 10.9 Å². The minimum Gasteiger partial charge on any atom is -0.341 e. The number of nitrogens with one attached hydrogen (secondary N) is 2. The molecule has 164 valence electrons. The highest BCUT2D eigenvalue weighted by molar-refractivity contribution is 7.90. The number of benzene rings is 1. The third kappa shape index (κ3) is 4.67. The normalized spacial score (nSPS) is 15.4. The zero-order valence-electron chi connectivity index (χ0n) is 17.2. The van der Waals surface area contributed by atoms with Crippen molar-refractivity contribution in [2.24, 2.45) is 11.7 Å². The van der Waals surface area contributed by atoms with Gasteiger partial charge in [-0.2, -0.15) is 10.1 Å². The summed E-state index contributed by atoms with van der Waals surface area (Å²) in [7, 11) is -3.30. The number of aromatic nitrogens is 4. The summed E-state index contributed by atoms with van der Waals surface area (Å²) in [6.45, 7) is 2.32. The lowest BCUT2D eigenvalue weighted by molar-refractivity contribution is 0.384. The monoisotopic (exact) mass is 443 g/mol. The van der Waals surface area contributed by atoms with E-state index in [1.165, 1.54) is 18.3 Å². The van der Waals surface area contributed by atoms with Gasteiger partial charge in [-0.15, -0.1) is 0 Å². The van der Waals surface area contributed by atoms with Gasteiger partial charge in [-0.25, -0.2) is 18.5 Å². The molecule has 0 spiro atoms. The molecule has 31 heavy (non-hydrogen) atoms. The van der Waals surface area contributed by atoms with E-state index in [2.05, 4.69) is 30.4 Å². The van der Waals surface area contributed by atoms with Gasteiger partial charge < -0.3 is 16.0 Å². The molecule has 1 fully saturated rings. The topological polar surface area (TPSA) is 147 Å². The molecule has 1 aliphatic rings. The Kier molecular flexibility index (Phi) is 5.88. The van der Waals surface area contributed by atoms with E-state index in [1.54, 1.807) is 12.1 Å². The Morgan fingerprint density at radius 2 is 1.90 bits per heavy atom. The van der Waals surface area contributed by atoms with Gasteiger partial charge in [-0.3, -0.25) is 4.79 Å². The highest BCUT2D eigenvalue weighted by atomic mass is 32.2. The molecule has 1 saturated heterocycles. The van der Waals surface area contributed by atoms with Crippen molar-refractivity contribution in [3.05, 3.63) is 40.8 Å². The number of rotatable bonds is 6. The van der Waals surface area contributed by atoms with Crippen molar-refractivity contribution in [1.82, 2.24) is 20.2 Å². The van der Waals surface area contributed by atoms with Crippen molar-refractivity contribution >= 4 is 38.2 Å². The minimum absolute atomic E-state index is 0.216. The van der Waals surface area contributed by atoms with Gasteiger partial charge in [-0.1, -0.05) is 0 Å². The van der Waals surface area contributed by atoms with Crippen LogP contribution in [0.5, 0.6) is 0 Å². The molecule has 4 rings (SSSR count). The Bertz CT molecular complexity index is 1230. The van der Waals surface area contributed by atoms with Gasteiger partial charge in [0.1, 0.15) is 16.7 Å². The fourth-order valence-electron chi connectivity index (χ4n) is 3.80. The second kappa shape index (κ2) is 8.60. The predicted octanol–water partition coefficient (Wildman–Crippen LogP) is 1.43. The minimum atomic E-state index is -3.30. The number of nitrogens with two attached hydrogens (primary N) is 1. The van der Waals surface area contributed by atoms with E-state index in [0.717, 1.165) is 38.6 Å². The summed E-state index contributed by atoms with van der Waals surface area (Å²) in [6.07, 6.45) is 5.70. The van der Waals surface area contributed by atoms with Crippen LogP contribution >= 0.6 is 0 Å². The summed E-state index contributed by atoms with van der Waals surface area (Å²) in [4.78, 5) is 24.0. The summed E-state index contributed by atoms with van der Waals surface area (Å²) in [6, 6.07) is 6.29. The average molecular weight is 444 g/mol. The van der Waals surface area contributed by atoms with Crippen LogP contribution in [0.1, 0.15) is 19.3 Å². The quantitative estimate of drug-likeness (QED) is 0.514. The molecule has 0 bridgehead atoms. The molecule has 4 N–H and O–H groups in total. The van der Waals surface area contributed by atoms with Gasteiger partial charge in [0.2, 0.25) is 5.95 Å². The molecule has 1 aliphatic heterocycles. The molecule has 11 heteroatoms. The molecule has 0 aliphatic carbocycles. The SMILES string of the molecule is CS(=O)(=O)c1ccc(Nc2nc(N3CCC(CCN)CC3)nc3cn[nH]c(=O)c23)cc1. The number of nitrogens with zero attached hydrogens (tertiary/aromatic N) is 4. The second-order valence-corrected chi connectivity index (χ2v) is 9.78. The van der Waals surface area contributed by atoms with Crippen molar-refractivity contribution < 1.29 is 8.42 Å². The molecule has 0 saturated carbocycles. The number of piperidine rings is 1. The van der Waals surface area contributed by atoms with Gasteiger partial charge >= 0.3 is 0 Å². The smallest absolute Gasteiger partial charge is 0.277 e. The molecule has 0 atom stereocenters. The second-order valence-electron chi connectivity index (χ2n) is 7.76. The zero-order chi connectivity index (χ0) is 22.0. The lowest BCUT2D eigenvalue weighted by Gasteiger charge is -2.32. The van der Waals surface area contributed by atoms with Crippen LogP contribution in [0.3, 0.4) is 0 Å². The van der Waals surface area contributed by atoms with Gasteiger partial charge in [0, 0.05) is 25.0 Å². The third-order valence-electron chi connectivity index (χ3n) is 5.52. The van der Waals surface area contributed by atoms with Crippen molar-refractivity contribution in [1.29, 1.82) is 0 Å². The Morgan fingerprint density at radius 1 is 1.19 bits per heavy atom. The van der Waals surface area contributed by atoms with E-state index < -0.39 is 15.4 Å². The highest BCUT2D eigenvalue weighted by Crippen LogP contribution is 2.27. The first-order valence-electron chi connectivity index (χ1n) is 10.1. The van der Waals surface area contributed by atoms with Crippen LogP contribution in [-0.4, -0.2) is 54.5 Å². The number of fused-ring (bicyclic) bond motifs is 1. The van der Waals surface area contributed by atoms with Gasteiger partial charge in [0.25, 0.3) is 5.56 Å². The Labute approximate surface area is 179 Å². The summed E-state index contributed by atoms with van der Waals surface area (Å²) >= 11 is 0. The molecular formula is C20H25N7O3S. The maximum Gasteiger partial charge on any atom is 0.277 e. The molecule has 10 nitrogen and oxygen atoms in total. The average Bonchev–Trinajstić information content (AvgIpc) is 2.74. The fraction of sp³-hybridized carbons (Fsp3) is 0.400. The number of H-pyrrole nitrogens is 1. The molecule has 0 unspecified atom stereocenters. The predicted molar refractivity (Wildman–Crippen MR) is 119 cm³/mol. The van der Waals surface area contributed by atoms with Crippen LogP contribution in [0.4, 0.5) is 17.5 Å². The zero-order valence-corrected chi connectivity index (χ0v) is 18.0. The van der Waals surface area contributed by atoms with Crippen LogP contribution < -0.4 is 21.5 Å². The number of aromatic amines is 1. The van der Waals surface area contributed by atoms with E-state index in [9.17, 15) is 13.2 Å². The Balaban J connectivity index is 1.68. The van der Waals surface area contributed by atoms with E-state index in [0.29, 0.717) is 40.8 Å². The molecule has 2 aromatic heterocycles. The van der Waals surface area contributed by atoms with Gasteiger partial charge in [0.05, 0.1) is 11.1 Å². The lowest BCUT2D eigenvalue weighted by atomic mass is 9.94. The molecule has 1 aromatic carbocycles. The van der Waals surface area contributed by atoms with E-state index in [-0.39, 0.29) is 4.90 Å². The lowest BCUT2D eigenvalue weighted by Crippen LogP contribution is -2.35. The van der Waals surface area contributed by atoms with Crippen molar-refractivity contribution in [3.8, 4) is 0 Å². The Hall–Kier alpha value is -3.05. The van der Waals surface area contributed by atoms with Crippen LogP contribution in [-0.2, 0) is 9.84 Å². The standard InChI is InChI=1S/C20H25N7O3S/c1-31(29,30)15-4-2-14(3-5-15)23-18-17-16(12-22-26-19(17)28)24-20(25-18)27-10-7-13(6-9-21)8-11-27/h2-5,12-13H,6-11,21H2,1H3,(H,26,28)(H,23,24,25). The fourth-order valence-corrected chi connectivity index (χ4v) is 4.43. The maximum atomic E-state index is 12.4. The first kappa shape index (κ1) is 21.2. The maximum absolute atomic E-state index is 12.4. The van der Waals surface area contributed by atoms with Crippen LogP contribution in [0.2, 0.25) is 0 Å². The highest BCUT2D eigenvalue weighted by Gasteiger charge is 2.22. The van der Waals surface area contributed by atoms with Gasteiger partial charge in [0.15, 0.2) is 9.84 Å². The summed E-state index contributed by atoms with van der Waals surface area (Å²) < 4.78 is 23.4. The van der Waals surface area contributed by atoms with E-state index in [4.69, 9.17) is 5.73 Å². The summed E-state index contributed by atoms with van der Waals surface area (Å²) in [5, 5.41) is 9.72. The first-order chi connectivity index (χ1) is 14.8. The van der Waals surface area contributed by atoms with Crippen molar-refractivity contribution in [2.45, 2.75) is 24.2 Å². The Morgan fingerprint density at radius 3 is 2.55 bits per heavy atom. The largest absolute Gasteiger partial charge is 0.341 e. The van der Waals surface area contributed by atoms with Crippen LogP contribution in [0, 0.1) is 5.92 Å². The first-order valence-corrected chi connectivity index (χ1v) is 12.0. The molecule has 0 amide bonds. The van der Waals surface area contributed by atoms with Crippen LogP contribution in [0.15, 0.2) is 40.2 Å².